The Labute approximate surface area is 50.7 Å². The van der Waals surface area contributed by atoms with Crippen LogP contribution in [0.2, 0.25) is 0 Å². The molecule has 0 bridgehead atoms. The maximum absolute atomic E-state index is 10.0. The van der Waals surface area contributed by atoms with Gasteiger partial charge in [-0.05, 0) is 0 Å². The number of hydrogen-bond donors (Lipinski definition) is 2. The van der Waals surface area contributed by atoms with E-state index in [1.165, 1.54) is 0 Å². The zero-order valence-corrected chi connectivity index (χ0v) is 5.87. The molecule has 0 heterocycles. The van der Waals surface area contributed by atoms with E-state index in [-0.39, 0.29) is 5.92 Å². The highest BCUT2D eigenvalue weighted by atomic mass is 31.0. The Balaban J connectivity index is 3.32. The molecule has 0 aliphatic heterocycles. The summed E-state index contributed by atoms with van der Waals surface area (Å²) in [4.78, 5) is 10.0. The maximum atomic E-state index is 10.0. The summed E-state index contributed by atoms with van der Waals surface area (Å²) in [6.45, 7) is 2.15. The van der Waals surface area contributed by atoms with E-state index in [0.717, 1.165) is 0 Å². The molecule has 0 fully saturated rings. The summed E-state index contributed by atoms with van der Waals surface area (Å²) in [5.74, 6) is -1.06. The van der Waals surface area contributed by atoms with Gasteiger partial charge in [0.1, 0.15) is 0 Å². The first kappa shape index (κ1) is 7.86. The third kappa shape index (κ3) is 2.94. The molecule has 0 spiro atoms. The highest BCUT2D eigenvalue weighted by Crippen LogP contribution is 1.91. The quantitative estimate of drug-likeness (QED) is 0.539. The third-order valence-electron chi connectivity index (χ3n) is 0.846. The highest BCUT2D eigenvalue weighted by molar-refractivity contribution is 7.13. The van der Waals surface area contributed by atoms with Gasteiger partial charge in [-0.25, -0.2) is 0 Å². The van der Waals surface area contributed by atoms with Crippen molar-refractivity contribution < 1.29 is 9.90 Å². The summed E-state index contributed by atoms with van der Waals surface area (Å²) in [6, 6.07) is 0. The number of nitrogens with one attached hydrogen (secondary N) is 1. The summed E-state index contributed by atoms with van der Waals surface area (Å²) < 4.78 is 0. The van der Waals surface area contributed by atoms with E-state index >= 15 is 0 Å². The van der Waals surface area contributed by atoms with Gasteiger partial charge in [0.25, 0.3) is 0 Å². The van der Waals surface area contributed by atoms with Crippen LogP contribution < -0.4 is 5.09 Å². The summed E-state index contributed by atoms with van der Waals surface area (Å²) in [6.07, 6.45) is 0. The van der Waals surface area contributed by atoms with Crippen LogP contribution in [0.25, 0.3) is 0 Å². The lowest BCUT2D eigenvalue weighted by Crippen LogP contribution is -2.19. The minimum atomic E-state index is -0.764. The van der Waals surface area contributed by atoms with E-state index in [4.69, 9.17) is 5.11 Å². The lowest BCUT2D eigenvalue weighted by molar-refractivity contribution is -0.140. The Morgan fingerprint density at radius 3 is 2.62 bits per heavy atom. The molecule has 8 heavy (non-hydrogen) atoms. The van der Waals surface area contributed by atoms with Crippen molar-refractivity contribution in [2.75, 3.05) is 6.54 Å². The second-order valence-corrected chi connectivity index (χ2v) is 2.06. The molecule has 0 rings (SSSR count). The summed E-state index contributed by atoms with van der Waals surface area (Å²) in [7, 11) is 2.26. The van der Waals surface area contributed by atoms with E-state index in [0.29, 0.717) is 6.54 Å². The first-order chi connectivity index (χ1) is 3.68. The van der Waals surface area contributed by atoms with Crippen molar-refractivity contribution in [2.24, 2.45) is 5.92 Å². The van der Waals surface area contributed by atoms with E-state index < -0.39 is 5.97 Å². The third-order valence-corrected chi connectivity index (χ3v) is 1.08. The normalized spacial score (nSPS) is 13.2. The predicted molar refractivity (Wildman–Crippen MR) is 34.5 cm³/mol. The van der Waals surface area contributed by atoms with Crippen molar-refractivity contribution in [1.82, 2.24) is 5.09 Å². The summed E-state index contributed by atoms with van der Waals surface area (Å²) in [5.41, 5.74) is 0. The highest BCUT2D eigenvalue weighted by Gasteiger charge is 2.07. The van der Waals surface area contributed by atoms with Crippen LogP contribution in [-0.2, 0) is 4.79 Å². The molecule has 3 nitrogen and oxygen atoms in total. The number of carboxylic acid groups (broad SMARTS) is 1. The Kier molecular flexibility index (Phi) is 3.75. The Bertz CT molecular complexity index is 86.1. The standard InChI is InChI=1S/C4H10NO2P/c1-3(2-5-8)4(6)7/h3,5H,2,8H2,1H3,(H,6,7). The van der Waals surface area contributed by atoms with Gasteiger partial charge < -0.3 is 5.11 Å². The van der Waals surface area contributed by atoms with Gasteiger partial charge in [0, 0.05) is 6.54 Å². The van der Waals surface area contributed by atoms with Crippen LogP contribution in [0.4, 0.5) is 0 Å². The van der Waals surface area contributed by atoms with Crippen molar-refractivity contribution >= 4 is 15.4 Å². The molecule has 0 amide bonds. The second kappa shape index (κ2) is 3.81. The van der Waals surface area contributed by atoms with Crippen molar-refractivity contribution in [1.29, 1.82) is 0 Å². The average molecular weight is 135 g/mol. The van der Waals surface area contributed by atoms with Crippen molar-refractivity contribution in [3.8, 4) is 0 Å². The lowest BCUT2D eigenvalue weighted by Gasteiger charge is -2.01. The van der Waals surface area contributed by atoms with Crippen LogP contribution in [0, 0.1) is 5.92 Å². The molecular weight excluding hydrogens is 125 g/mol. The molecule has 0 saturated heterocycles. The number of rotatable bonds is 3. The van der Waals surface area contributed by atoms with Crippen molar-refractivity contribution in [3.63, 3.8) is 0 Å². The lowest BCUT2D eigenvalue weighted by atomic mass is 10.2. The molecule has 0 saturated carbocycles. The van der Waals surface area contributed by atoms with E-state index in [2.05, 4.69) is 14.5 Å². The molecular formula is C4H10NO2P. The minimum Gasteiger partial charge on any atom is -0.481 e. The molecule has 2 atom stereocenters. The molecule has 0 aliphatic rings. The number of carboxylic acids is 1. The largest absolute Gasteiger partial charge is 0.481 e. The number of hydrogen-bond acceptors (Lipinski definition) is 2. The molecule has 2 unspecified atom stereocenters. The van der Waals surface area contributed by atoms with Gasteiger partial charge in [-0.1, -0.05) is 16.3 Å². The molecule has 0 aliphatic carbocycles. The van der Waals surface area contributed by atoms with Gasteiger partial charge in [0.2, 0.25) is 0 Å². The number of aliphatic carboxylic acids is 1. The van der Waals surface area contributed by atoms with Crippen LogP contribution in [-0.4, -0.2) is 17.6 Å². The zero-order chi connectivity index (χ0) is 6.57. The van der Waals surface area contributed by atoms with Crippen LogP contribution in [0.1, 0.15) is 6.92 Å². The van der Waals surface area contributed by atoms with Crippen molar-refractivity contribution in [3.05, 3.63) is 0 Å². The van der Waals surface area contributed by atoms with Crippen LogP contribution in [0.3, 0.4) is 0 Å². The van der Waals surface area contributed by atoms with Gasteiger partial charge in [0.05, 0.1) is 5.92 Å². The summed E-state index contributed by atoms with van der Waals surface area (Å²) >= 11 is 0. The molecule has 0 aromatic heterocycles. The van der Waals surface area contributed by atoms with E-state index in [1.54, 1.807) is 6.92 Å². The van der Waals surface area contributed by atoms with Gasteiger partial charge in [-0.2, -0.15) is 0 Å². The minimum absolute atomic E-state index is 0.299. The van der Waals surface area contributed by atoms with Gasteiger partial charge in [-0.3, -0.25) is 9.88 Å². The predicted octanol–water partition coefficient (Wildman–Crippen LogP) is 0.0868. The van der Waals surface area contributed by atoms with Gasteiger partial charge >= 0.3 is 5.97 Å². The first-order valence-electron chi connectivity index (χ1n) is 2.34. The maximum Gasteiger partial charge on any atom is 0.307 e. The molecule has 0 aromatic carbocycles. The van der Waals surface area contributed by atoms with Crippen molar-refractivity contribution in [2.45, 2.75) is 6.92 Å². The summed E-state index contributed by atoms with van der Waals surface area (Å²) in [5, 5.41) is 10.9. The SMILES string of the molecule is CC(CNP)C(=O)O. The fraction of sp³-hybridized carbons (Fsp3) is 0.750. The topological polar surface area (TPSA) is 49.3 Å². The smallest absolute Gasteiger partial charge is 0.307 e. The molecule has 0 aromatic rings. The average Bonchev–Trinajstić information content (AvgIpc) is 1.67. The van der Waals surface area contributed by atoms with Gasteiger partial charge in [0.15, 0.2) is 0 Å². The Morgan fingerprint density at radius 2 is 2.50 bits per heavy atom. The molecule has 0 radical (unpaired) electrons. The van der Waals surface area contributed by atoms with Gasteiger partial charge in [-0.15, -0.1) is 0 Å². The molecule has 48 valence electrons. The van der Waals surface area contributed by atoms with Crippen LogP contribution in [0.5, 0.6) is 0 Å². The monoisotopic (exact) mass is 135 g/mol. The van der Waals surface area contributed by atoms with Crippen LogP contribution in [0.15, 0.2) is 0 Å². The Hall–Kier alpha value is -0.140. The first-order valence-corrected chi connectivity index (χ1v) is 2.92. The van der Waals surface area contributed by atoms with E-state index in [9.17, 15) is 4.79 Å². The van der Waals surface area contributed by atoms with Crippen LogP contribution >= 0.6 is 9.39 Å². The van der Waals surface area contributed by atoms with E-state index in [1.807, 2.05) is 0 Å². The number of carbonyl (C=O) groups is 1. The Morgan fingerprint density at radius 1 is 2.00 bits per heavy atom. The molecule has 4 heteroatoms. The molecule has 2 N–H and O–H groups in total. The zero-order valence-electron chi connectivity index (χ0n) is 4.72. The second-order valence-electron chi connectivity index (χ2n) is 1.65. The fourth-order valence-corrected chi connectivity index (χ4v) is 0.618. The fourth-order valence-electron chi connectivity index (χ4n) is 0.264.